The minimum atomic E-state index is -1.01. The lowest BCUT2D eigenvalue weighted by Gasteiger charge is -2.12. The lowest BCUT2D eigenvalue weighted by atomic mass is 10.1. The normalized spacial score (nSPS) is 15.4. The van der Waals surface area contributed by atoms with E-state index in [0.717, 1.165) is 11.1 Å². The van der Waals surface area contributed by atoms with Gasteiger partial charge in [-0.05, 0) is 61.2 Å². The number of likely N-dealkylation sites (N-methyl/N-ethyl adjacent to an activating group) is 1. The average Bonchev–Trinajstić information content (AvgIpc) is 3.17. The molecule has 0 saturated carbocycles. The van der Waals surface area contributed by atoms with Gasteiger partial charge in [-0.3, -0.25) is 9.69 Å². The average molecular weight is 484 g/mol. The zero-order chi connectivity index (χ0) is 24.8. The van der Waals surface area contributed by atoms with Crippen molar-refractivity contribution in [3.05, 3.63) is 100.0 Å². The second-order valence-electron chi connectivity index (χ2n) is 7.50. The second-order valence-corrected chi connectivity index (χ2v) is 8.51. The maximum atomic E-state index is 13.1. The van der Waals surface area contributed by atoms with E-state index in [0.29, 0.717) is 33.6 Å². The van der Waals surface area contributed by atoms with E-state index in [1.165, 1.54) is 23.9 Å². The van der Waals surface area contributed by atoms with Crippen molar-refractivity contribution in [3.63, 3.8) is 0 Å². The van der Waals surface area contributed by atoms with Crippen LogP contribution >= 0.6 is 11.8 Å². The molecule has 1 heterocycles. The van der Waals surface area contributed by atoms with E-state index in [1.54, 1.807) is 29.2 Å². The van der Waals surface area contributed by atoms with E-state index >= 15 is 0 Å². The molecular formula is C27H21N3O4S. The van der Waals surface area contributed by atoms with Crippen LogP contribution in [0.4, 0.5) is 5.69 Å². The molecule has 0 unspecified atom stereocenters. The van der Waals surface area contributed by atoms with E-state index in [9.17, 15) is 14.9 Å². The van der Waals surface area contributed by atoms with E-state index < -0.39 is 5.97 Å². The van der Waals surface area contributed by atoms with Crippen LogP contribution in [-0.4, -0.2) is 33.6 Å². The molecule has 1 aliphatic rings. The van der Waals surface area contributed by atoms with Gasteiger partial charge >= 0.3 is 5.97 Å². The fourth-order valence-corrected chi connectivity index (χ4v) is 4.50. The first kappa shape index (κ1) is 23.8. The third kappa shape index (κ3) is 5.42. The molecule has 8 heteroatoms. The Hall–Kier alpha value is -4.35. The molecule has 1 saturated heterocycles. The summed E-state index contributed by atoms with van der Waals surface area (Å²) < 4.78 is 6.01. The van der Waals surface area contributed by atoms with Crippen LogP contribution in [0.2, 0.25) is 0 Å². The van der Waals surface area contributed by atoms with E-state index in [4.69, 9.17) is 9.84 Å². The molecule has 35 heavy (non-hydrogen) atoms. The smallest absolute Gasteiger partial charge is 0.335 e. The van der Waals surface area contributed by atoms with Crippen LogP contribution in [0.15, 0.2) is 82.7 Å². The zero-order valence-electron chi connectivity index (χ0n) is 18.8. The first-order chi connectivity index (χ1) is 17.0. The Morgan fingerprint density at radius 2 is 1.83 bits per heavy atom. The maximum Gasteiger partial charge on any atom is 0.335 e. The minimum Gasteiger partial charge on any atom is -0.488 e. The Morgan fingerprint density at radius 3 is 2.54 bits per heavy atom. The summed E-state index contributed by atoms with van der Waals surface area (Å²) in [6.45, 7) is 2.54. The molecule has 3 aromatic rings. The molecule has 0 bridgehead atoms. The Labute approximate surface area is 207 Å². The van der Waals surface area contributed by atoms with Gasteiger partial charge in [-0.25, -0.2) is 9.79 Å². The molecular weight excluding hydrogens is 462 g/mol. The van der Waals surface area contributed by atoms with Crippen molar-refractivity contribution in [1.29, 1.82) is 5.26 Å². The number of carboxylic acids is 1. The molecule has 3 aromatic carbocycles. The summed E-state index contributed by atoms with van der Waals surface area (Å²) in [6, 6.07) is 23.0. The molecule has 0 radical (unpaired) electrons. The predicted molar refractivity (Wildman–Crippen MR) is 135 cm³/mol. The number of nitriles is 1. The lowest BCUT2D eigenvalue weighted by molar-refractivity contribution is -0.122. The molecule has 4 rings (SSSR count). The Balaban J connectivity index is 1.58. The van der Waals surface area contributed by atoms with Gasteiger partial charge in [-0.1, -0.05) is 36.4 Å². The van der Waals surface area contributed by atoms with Crippen molar-refractivity contribution in [2.75, 3.05) is 6.54 Å². The Kier molecular flexibility index (Phi) is 7.29. The Bertz CT molecular complexity index is 1370. The number of aliphatic imine (C=N–C) groups is 1. The summed E-state index contributed by atoms with van der Waals surface area (Å²) >= 11 is 1.25. The number of nitrogens with zero attached hydrogens (tertiary/aromatic N) is 3. The quantitative estimate of drug-likeness (QED) is 0.448. The van der Waals surface area contributed by atoms with Gasteiger partial charge in [0.05, 0.1) is 27.8 Å². The van der Waals surface area contributed by atoms with Crippen molar-refractivity contribution >= 4 is 40.6 Å². The fraction of sp³-hybridized carbons (Fsp3) is 0.111. The van der Waals surface area contributed by atoms with Crippen LogP contribution in [0, 0.1) is 11.3 Å². The van der Waals surface area contributed by atoms with Crippen LogP contribution in [-0.2, 0) is 11.4 Å². The third-order valence-corrected chi connectivity index (χ3v) is 6.28. The summed E-state index contributed by atoms with van der Waals surface area (Å²) in [5, 5.41) is 18.9. The highest BCUT2D eigenvalue weighted by atomic mass is 32.2. The summed E-state index contributed by atoms with van der Waals surface area (Å²) in [4.78, 5) is 30.8. The first-order valence-corrected chi connectivity index (χ1v) is 11.6. The largest absolute Gasteiger partial charge is 0.488 e. The fourth-order valence-electron chi connectivity index (χ4n) is 3.44. The summed E-state index contributed by atoms with van der Waals surface area (Å²) in [6.07, 6.45) is 1.78. The maximum absolute atomic E-state index is 13.1. The van der Waals surface area contributed by atoms with Gasteiger partial charge in [0.25, 0.3) is 5.91 Å². The second kappa shape index (κ2) is 10.7. The topological polar surface area (TPSA) is 103 Å². The molecule has 0 atom stereocenters. The van der Waals surface area contributed by atoms with Gasteiger partial charge < -0.3 is 9.84 Å². The molecule has 1 amide bonds. The number of thioether (sulfide) groups is 1. The number of benzene rings is 3. The summed E-state index contributed by atoms with van der Waals surface area (Å²) in [5.74, 6) is -0.575. The SMILES string of the molecule is CCN1C(=O)C(=Cc2ccccc2OCc2ccccc2C#N)SC1=Nc1ccc(C(=O)O)cc1. The van der Waals surface area contributed by atoms with Crippen LogP contribution in [0.5, 0.6) is 5.75 Å². The minimum absolute atomic E-state index is 0.164. The van der Waals surface area contributed by atoms with Crippen molar-refractivity contribution in [3.8, 4) is 11.8 Å². The van der Waals surface area contributed by atoms with Gasteiger partial charge in [-0.15, -0.1) is 0 Å². The van der Waals surface area contributed by atoms with Gasteiger partial charge in [0.2, 0.25) is 0 Å². The molecule has 0 aliphatic carbocycles. The molecule has 1 fully saturated rings. The molecule has 174 valence electrons. The van der Waals surface area contributed by atoms with Crippen molar-refractivity contribution < 1.29 is 19.4 Å². The van der Waals surface area contributed by atoms with Crippen molar-refractivity contribution in [1.82, 2.24) is 4.90 Å². The van der Waals surface area contributed by atoms with Crippen molar-refractivity contribution in [2.45, 2.75) is 13.5 Å². The Morgan fingerprint density at radius 1 is 1.11 bits per heavy atom. The zero-order valence-corrected chi connectivity index (χ0v) is 19.7. The standard InChI is InChI=1S/C27H21N3O4S/c1-2-30-25(31)24(35-27(30)29-22-13-11-18(12-14-22)26(32)33)15-19-7-5-6-10-23(19)34-17-21-9-4-3-8-20(21)16-28/h3-15H,2,17H2,1H3,(H,32,33). The number of hydrogen-bond donors (Lipinski definition) is 1. The third-order valence-electron chi connectivity index (χ3n) is 5.27. The number of carbonyl (C=O) groups is 2. The number of carboxylic acid groups (broad SMARTS) is 1. The predicted octanol–water partition coefficient (Wildman–Crippen LogP) is 5.46. The molecule has 1 aliphatic heterocycles. The number of carbonyl (C=O) groups excluding carboxylic acids is 1. The van der Waals surface area contributed by atoms with Crippen molar-refractivity contribution in [2.24, 2.45) is 4.99 Å². The number of hydrogen-bond acceptors (Lipinski definition) is 6. The number of amidine groups is 1. The number of rotatable bonds is 7. The van der Waals surface area contributed by atoms with E-state index in [2.05, 4.69) is 11.1 Å². The van der Waals surface area contributed by atoms with Crippen LogP contribution in [0.3, 0.4) is 0 Å². The lowest BCUT2D eigenvalue weighted by Crippen LogP contribution is -2.28. The van der Waals surface area contributed by atoms with Gasteiger partial charge in [0, 0.05) is 17.7 Å². The van der Waals surface area contributed by atoms with E-state index in [1.807, 2.05) is 49.4 Å². The van der Waals surface area contributed by atoms with Gasteiger partial charge in [0.1, 0.15) is 12.4 Å². The number of para-hydroxylation sites is 1. The first-order valence-electron chi connectivity index (χ1n) is 10.8. The van der Waals surface area contributed by atoms with Crippen LogP contribution < -0.4 is 4.74 Å². The highest BCUT2D eigenvalue weighted by molar-refractivity contribution is 8.18. The highest BCUT2D eigenvalue weighted by Crippen LogP contribution is 2.35. The van der Waals surface area contributed by atoms with E-state index in [-0.39, 0.29) is 18.1 Å². The molecule has 7 nitrogen and oxygen atoms in total. The number of ether oxygens (including phenoxy) is 1. The molecule has 0 aromatic heterocycles. The highest BCUT2D eigenvalue weighted by Gasteiger charge is 2.32. The monoisotopic (exact) mass is 483 g/mol. The summed E-state index contributed by atoms with van der Waals surface area (Å²) in [7, 11) is 0. The van der Waals surface area contributed by atoms with Crippen LogP contribution in [0.1, 0.15) is 34.0 Å². The van der Waals surface area contributed by atoms with Gasteiger partial charge in [-0.2, -0.15) is 5.26 Å². The van der Waals surface area contributed by atoms with Crippen LogP contribution in [0.25, 0.3) is 6.08 Å². The summed E-state index contributed by atoms with van der Waals surface area (Å²) in [5.41, 5.74) is 2.81. The molecule has 0 spiro atoms. The molecule has 1 N–H and O–H groups in total. The van der Waals surface area contributed by atoms with Gasteiger partial charge in [0.15, 0.2) is 5.17 Å². The number of aromatic carboxylic acids is 1. The number of amides is 1.